The van der Waals surface area contributed by atoms with Crippen molar-refractivity contribution < 1.29 is 33.7 Å². The predicted octanol–water partition coefficient (Wildman–Crippen LogP) is 4.27. The van der Waals surface area contributed by atoms with Gasteiger partial charge in [0.05, 0.1) is 18.8 Å². The molecule has 0 aromatic heterocycles. The van der Waals surface area contributed by atoms with Crippen LogP contribution in [0.5, 0.6) is 11.5 Å². The van der Waals surface area contributed by atoms with Gasteiger partial charge in [0.1, 0.15) is 17.1 Å². The van der Waals surface area contributed by atoms with Gasteiger partial charge >= 0.3 is 17.9 Å². The Morgan fingerprint density at radius 2 is 1.57 bits per heavy atom. The molecule has 0 amide bonds. The van der Waals surface area contributed by atoms with Crippen molar-refractivity contribution >= 4 is 17.9 Å². The maximum Gasteiger partial charge on any atom is 0.343 e. The first-order valence-corrected chi connectivity index (χ1v) is 9.58. The van der Waals surface area contributed by atoms with Crippen molar-refractivity contribution in [3.63, 3.8) is 0 Å². The lowest BCUT2D eigenvalue weighted by molar-refractivity contribution is -0.137. The van der Waals surface area contributed by atoms with Crippen molar-refractivity contribution in [3.05, 3.63) is 72.3 Å². The van der Waals surface area contributed by atoms with E-state index in [1.165, 1.54) is 12.1 Å². The van der Waals surface area contributed by atoms with Crippen LogP contribution in [-0.2, 0) is 9.53 Å². The van der Waals surface area contributed by atoms with E-state index < -0.39 is 17.9 Å². The summed E-state index contributed by atoms with van der Waals surface area (Å²) < 4.78 is 15.7. The fourth-order valence-corrected chi connectivity index (χ4v) is 2.56. The van der Waals surface area contributed by atoms with Crippen LogP contribution in [0.15, 0.2) is 61.2 Å². The van der Waals surface area contributed by atoms with E-state index in [0.29, 0.717) is 19.0 Å². The average molecular weight is 412 g/mol. The lowest BCUT2D eigenvalue weighted by atomic mass is 10.2. The molecule has 0 fully saturated rings. The fourth-order valence-electron chi connectivity index (χ4n) is 2.56. The molecule has 7 heteroatoms. The van der Waals surface area contributed by atoms with Crippen molar-refractivity contribution in [1.82, 2.24) is 0 Å². The first-order valence-electron chi connectivity index (χ1n) is 9.58. The highest BCUT2D eigenvalue weighted by molar-refractivity contribution is 5.95. The van der Waals surface area contributed by atoms with E-state index in [2.05, 4.69) is 6.58 Å². The second kappa shape index (κ2) is 12.1. The number of carboxylic acids is 1. The summed E-state index contributed by atoms with van der Waals surface area (Å²) in [6.07, 6.45) is 4.66. The van der Waals surface area contributed by atoms with Crippen LogP contribution in [0.4, 0.5) is 0 Å². The summed E-state index contributed by atoms with van der Waals surface area (Å²) in [5, 5.41) is 9.15. The Balaban J connectivity index is 1.72. The van der Waals surface area contributed by atoms with E-state index >= 15 is 0 Å². The number of unbranched alkanes of at least 4 members (excludes halogenated alkanes) is 3. The van der Waals surface area contributed by atoms with Gasteiger partial charge in [-0.1, -0.05) is 18.7 Å². The molecule has 2 aromatic rings. The van der Waals surface area contributed by atoms with Crippen molar-refractivity contribution in [2.75, 3.05) is 13.2 Å². The Morgan fingerprint density at radius 1 is 0.900 bits per heavy atom. The van der Waals surface area contributed by atoms with E-state index in [0.717, 1.165) is 31.8 Å². The molecule has 158 valence electrons. The monoisotopic (exact) mass is 412 g/mol. The minimum absolute atomic E-state index is 0.00501. The molecule has 0 heterocycles. The van der Waals surface area contributed by atoms with E-state index in [9.17, 15) is 14.4 Å². The van der Waals surface area contributed by atoms with Crippen LogP contribution in [-0.4, -0.2) is 36.2 Å². The number of hydrogen-bond donors (Lipinski definition) is 1. The summed E-state index contributed by atoms with van der Waals surface area (Å²) in [6.45, 7) is 4.25. The zero-order chi connectivity index (χ0) is 21.8. The van der Waals surface area contributed by atoms with E-state index in [1.54, 1.807) is 36.4 Å². The summed E-state index contributed by atoms with van der Waals surface area (Å²) in [4.78, 5) is 34.3. The van der Waals surface area contributed by atoms with Crippen LogP contribution in [0.25, 0.3) is 0 Å². The number of aromatic carboxylic acids is 1. The van der Waals surface area contributed by atoms with Crippen molar-refractivity contribution in [2.24, 2.45) is 0 Å². The number of rotatable bonds is 12. The molecule has 1 N–H and O–H groups in total. The maximum atomic E-state index is 12.3. The molecule has 0 saturated carbocycles. The SMILES string of the molecule is C=CC(=O)OCCCCCCOc1ccc(C(=O)Oc2ccccc2C(=O)O)cc1. The molecule has 0 atom stereocenters. The number of esters is 2. The molecule has 2 aromatic carbocycles. The van der Waals surface area contributed by atoms with Crippen LogP contribution < -0.4 is 9.47 Å². The normalized spacial score (nSPS) is 10.1. The largest absolute Gasteiger partial charge is 0.494 e. The van der Waals surface area contributed by atoms with Crippen LogP contribution >= 0.6 is 0 Å². The van der Waals surface area contributed by atoms with Crippen LogP contribution in [0.3, 0.4) is 0 Å². The zero-order valence-electron chi connectivity index (χ0n) is 16.5. The minimum atomic E-state index is -1.17. The Morgan fingerprint density at radius 3 is 2.23 bits per heavy atom. The average Bonchev–Trinajstić information content (AvgIpc) is 2.76. The van der Waals surface area contributed by atoms with E-state index in [4.69, 9.17) is 19.3 Å². The maximum absolute atomic E-state index is 12.3. The quantitative estimate of drug-likeness (QED) is 0.240. The third-order valence-electron chi connectivity index (χ3n) is 4.13. The topological polar surface area (TPSA) is 99.1 Å². The zero-order valence-corrected chi connectivity index (χ0v) is 16.5. The first kappa shape index (κ1) is 22.7. The van der Waals surface area contributed by atoms with Crippen molar-refractivity contribution in [2.45, 2.75) is 25.7 Å². The van der Waals surface area contributed by atoms with Gasteiger partial charge in [-0.3, -0.25) is 0 Å². The van der Waals surface area contributed by atoms with E-state index in [-0.39, 0.29) is 16.9 Å². The fraction of sp³-hybridized carbons (Fsp3) is 0.261. The summed E-state index contributed by atoms with van der Waals surface area (Å²) in [5.41, 5.74) is 0.210. The van der Waals surface area contributed by atoms with Gasteiger partial charge in [0.25, 0.3) is 0 Å². The molecule has 2 rings (SSSR count). The van der Waals surface area contributed by atoms with Crippen molar-refractivity contribution in [3.8, 4) is 11.5 Å². The van der Waals surface area contributed by atoms with Gasteiger partial charge in [0, 0.05) is 6.08 Å². The number of benzene rings is 2. The third kappa shape index (κ3) is 7.43. The molecule has 0 saturated heterocycles. The second-order valence-corrected chi connectivity index (χ2v) is 6.35. The molecular formula is C23H24O7. The van der Waals surface area contributed by atoms with Gasteiger partial charge in [-0.25, -0.2) is 14.4 Å². The van der Waals surface area contributed by atoms with E-state index in [1.807, 2.05) is 0 Å². The molecule has 0 aliphatic heterocycles. The van der Waals surface area contributed by atoms with Crippen molar-refractivity contribution in [1.29, 1.82) is 0 Å². The summed E-state index contributed by atoms with van der Waals surface area (Å²) >= 11 is 0. The summed E-state index contributed by atoms with van der Waals surface area (Å²) in [5.74, 6) is -1.60. The lowest BCUT2D eigenvalue weighted by Crippen LogP contribution is -2.11. The Hall–Kier alpha value is -3.61. The molecular weight excluding hydrogens is 388 g/mol. The molecule has 30 heavy (non-hydrogen) atoms. The first-order chi connectivity index (χ1) is 14.5. The number of hydrogen-bond acceptors (Lipinski definition) is 6. The predicted molar refractivity (Wildman–Crippen MR) is 110 cm³/mol. The van der Waals surface area contributed by atoms with Gasteiger partial charge < -0.3 is 19.3 Å². The number of carbonyl (C=O) groups is 3. The van der Waals surface area contributed by atoms with Crippen LogP contribution in [0.2, 0.25) is 0 Å². The Bertz CT molecular complexity index is 871. The minimum Gasteiger partial charge on any atom is -0.494 e. The van der Waals surface area contributed by atoms with Gasteiger partial charge in [-0.15, -0.1) is 0 Å². The molecule has 7 nitrogen and oxygen atoms in total. The highest BCUT2D eigenvalue weighted by atomic mass is 16.5. The number of carboxylic acid groups (broad SMARTS) is 1. The number of carbonyl (C=O) groups excluding carboxylic acids is 2. The molecule has 0 aliphatic carbocycles. The third-order valence-corrected chi connectivity index (χ3v) is 4.13. The molecule has 0 radical (unpaired) electrons. The summed E-state index contributed by atoms with van der Waals surface area (Å²) in [7, 11) is 0. The number of ether oxygens (including phenoxy) is 3. The Kier molecular flexibility index (Phi) is 9.12. The molecule has 0 unspecified atom stereocenters. The smallest absolute Gasteiger partial charge is 0.343 e. The number of para-hydroxylation sites is 1. The molecule has 0 spiro atoms. The molecule has 0 bridgehead atoms. The standard InChI is InChI=1S/C23H24O7/c1-2-21(24)29-16-8-4-3-7-15-28-18-13-11-17(12-14-18)23(27)30-20-10-6-5-9-19(20)22(25)26/h2,5-6,9-14H,1,3-4,7-8,15-16H2,(H,25,26). The summed E-state index contributed by atoms with van der Waals surface area (Å²) in [6, 6.07) is 12.4. The van der Waals surface area contributed by atoms with Crippen LogP contribution in [0, 0.1) is 0 Å². The lowest BCUT2D eigenvalue weighted by Gasteiger charge is -2.09. The highest BCUT2D eigenvalue weighted by Gasteiger charge is 2.15. The molecule has 0 aliphatic rings. The van der Waals surface area contributed by atoms with Gasteiger partial charge in [0.15, 0.2) is 0 Å². The van der Waals surface area contributed by atoms with Crippen LogP contribution in [0.1, 0.15) is 46.4 Å². The van der Waals surface area contributed by atoms with Gasteiger partial charge in [-0.05, 0) is 62.1 Å². The Labute approximate surface area is 174 Å². The second-order valence-electron chi connectivity index (χ2n) is 6.35. The van der Waals surface area contributed by atoms with Gasteiger partial charge in [-0.2, -0.15) is 0 Å². The van der Waals surface area contributed by atoms with Gasteiger partial charge in [0.2, 0.25) is 0 Å². The highest BCUT2D eigenvalue weighted by Crippen LogP contribution is 2.20.